The second kappa shape index (κ2) is 11.3. The SMILES string of the molecule is CN(Sc1cccc(F)c1)c1ccc2c(c1)nc(NC(=O)c1ccc(-c3cnco3)s1)n2CCc1cccnc1. The van der Waals surface area contributed by atoms with Crippen LogP contribution in [0.4, 0.5) is 16.0 Å². The number of imidazole rings is 1. The van der Waals surface area contributed by atoms with Crippen molar-refractivity contribution in [3.05, 3.63) is 108 Å². The molecular formula is C29H23FN6O2S2. The number of halogens is 1. The van der Waals surface area contributed by atoms with E-state index in [4.69, 9.17) is 9.40 Å². The predicted octanol–water partition coefficient (Wildman–Crippen LogP) is 6.93. The van der Waals surface area contributed by atoms with Gasteiger partial charge in [0.1, 0.15) is 5.82 Å². The topological polar surface area (TPSA) is 89.1 Å². The minimum absolute atomic E-state index is 0.257. The monoisotopic (exact) mass is 570 g/mol. The largest absolute Gasteiger partial charge is 0.443 e. The first-order valence-corrected chi connectivity index (χ1v) is 14.0. The van der Waals surface area contributed by atoms with E-state index in [1.807, 2.05) is 64.6 Å². The number of anilines is 2. The molecule has 6 rings (SSSR count). The van der Waals surface area contributed by atoms with Crippen molar-refractivity contribution in [2.75, 3.05) is 16.7 Å². The van der Waals surface area contributed by atoms with Crippen molar-refractivity contribution in [2.45, 2.75) is 17.9 Å². The quantitative estimate of drug-likeness (QED) is 0.189. The lowest BCUT2D eigenvalue weighted by Crippen LogP contribution is -2.15. The van der Waals surface area contributed by atoms with E-state index >= 15 is 0 Å². The van der Waals surface area contributed by atoms with Crippen LogP contribution < -0.4 is 9.62 Å². The number of hydrogen-bond donors (Lipinski definition) is 1. The van der Waals surface area contributed by atoms with Gasteiger partial charge in [0.2, 0.25) is 5.95 Å². The predicted molar refractivity (Wildman–Crippen MR) is 156 cm³/mol. The average molecular weight is 571 g/mol. The summed E-state index contributed by atoms with van der Waals surface area (Å²) in [6, 6.07) is 20.0. The molecule has 1 amide bonds. The minimum atomic E-state index is -0.278. The van der Waals surface area contributed by atoms with E-state index in [1.54, 1.807) is 24.5 Å². The van der Waals surface area contributed by atoms with Gasteiger partial charge >= 0.3 is 0 Å². The van der Waals surface area contributed by atoms with Crippen LogP contribution in [-0.2, 0) is 13.0 Å². The zero-order chi connectivity index (χ0) is 27.5. The van der Waals surface area contributed by atoms with Gasteiger partial charge in [-0.05, 0) is 78.5 Å². The smallest absolute Gasteiger partial charge is 0.268 e. The van der Waals surface area contributed by atoms with Crippen molar-refractivity contribution in [1.82, 2.24) is 19.5 Å². The van der Waals surface area contributed by atoms with Crippen LogP contribution in [0.3, 0.4) is 0 Å². The molecule has 0 spiro atoms. The van der Waals surface area contributed by atoms with E-state index in [0.717, 1.165) is 32.1 Å². The minimum Gasteiger partial charge on any atom is -0.443 e. The Balaban J connectivity index is 1.29. The van der Waals surface area contributed by atoms with Crippen molar-refractivity contribution < 1.29 is 13.6 Å². The molecule has 0 saturated carbocycles. The van der Waals surface area contributed by atoms with Crippen LogP contribution in [0.2, 0.25) is 0 Å². The lowest BCUT2D eigenvalue weighted by atomic mass is 10.2. The zero-order valence-corrected chi connectivity index (χ0v) is 23.0. The van der Waals surface area contributed by atoms with Gasteiger partial charge in [0.25, 0.3) is 5.91 Å². The zero-order valence-electron chi connectivity index (χ0n) is 21.3. The second-order valence-electron chi connectivity index (χ2n) is 8.90. The molecular weight excluding hydrogens is 547 g/mol. The third kappa shape index (κ3) is 5.61. The van der Waals surface area contributed by atoms with Gasteiger partial charge in [-0.3, -0.25) is 15.1 Å². The van der Waals surface area contributed by atoms with Gasteiger partial charge in [0.15, 0.2) is 12.2 Å². The van der Waals surface area contributed by atoms with Crippen LogP contribution in [-0.4, -0.2) is 32.5 Å². The number of pyridine rings is 1. The summed E-state index contributed by atoms with van der Waals surface area (Å²) in [4.78, 5) is 28.4. The lowest BCUT2D eigenvalue weighted by Gasteiger charge is -2.18. The molecule has 4 heterocycles. The summed E-state index contributed by atoms with van der Waals surface area (Å²) in [6.45, 7) is 0.596. The third-order valence-electron chi connectivity index (χ3n) is 6.21. The van der Waals surface area contributed by atoms with E-state index < -0.39 is 0 Å². The maximum atomic E-state index is 13.7. The fourth-order valence-electron chi connectivity index (χ4n) is 4.25. The Morgan fingerprint density at radius 2 is 2.02 bits per heavy atom. The standard InChI is InChI=1S/C29H23FN6O2S2/c1-35(40-22-6-2-5-20(30)14-22)21-7-8-24-23(15-21)33-29(36(24)13-11-19-4-3-12-31-16-19)34-28(37)27-10-9-26(39-27)25-17-32-18-38-25/h2-10,12,14-18H,11,13H2,1H3,(H,33,34,37). The number of fused-ring (bicyclic) bond motifs is 1. The summed E-state index contributed by atoms with van der Waals surface area (Å²) in [5, 5.41) is 3.01. The van der Waals surface area contributed by atoms with Crippen LogP contribution in [0.1, 0.15) is 15.2 Å². The van der Waals surface area contributed by atoms with E-state index in [9.17, 15) is 9.18 Å². The van der Waals surface area contributed by atoms with Gasteiger partial charge in [-0.25, -0.2) is 14.4 Å². The number of oxazole rings is 1. The Morgan fingerprint density at radius 1 is 1.10 bits per heavy atom. The molecule has 4 aromatic heterocycles. The molecule has 0 atom stereocenters. The van der Waals surface area contributed by atoms with Crippen LogP contribution in [0, 0.1) is 5.82 Å². The van der Waals surface area contributed by atoms with Gasteiger partial charge in [-0.2, -0.15) is 0 Å². The number of carbonyl (C=O) groups excluding carboxylic acids is 1. The highest BCUT2D eigenvalue weighted by Gasteiger charge is 2.18. The normalized spacial score (nSPS) is 11.2. The summed E-state index contributed by atoms with van der Waals surface area (Å²) in [6.07, 6.45) is 7.28. The highest BCUT2D eigenvalue weighted by Crippen LogP contribution is 2.32. The van der Waals surface area contributed by atoms with Crippen molar-refractivity contribution >= 4 is 51.9 Å². The maximum Gasteiger partial charge on any atom is 0.268 e. The molecule has 0 unspecified atom stereocenters. The fourth-order valence-corrected chi connectivity index (χ4v) is 5.94. The first kappa shape index (κ1) is 25.8. The lowest BCUT2D eigenvalue weighted by molar-refractivity contribution is 0.102. The van der Waals surface area contributed by atoms with Crippen LogP contribution >= 0.6 is 23.3 Å². The molecule has 200 valence electrons. The summed E-state index contributed by atoms with van der Waals surface area (Å²) in [5.41, 5.74) is 3.60. The molecule has 6 aromatic rings. The molecule has 0 bridgehead atoms. The van der Waals surface area contributed by atoms with Crippen LogP contribution in [0.25, 0.3) is 21.7 Å². The Bertz CT molecular complexity index is 1770. The van der Waals surface area contributed by atoms with E-state index in [1.165, 1.54) is 41.8 Å². The van der Waals surface area contributed by atoms with E-state index in [-0.39, 0.29) is 11.7 Å². The summed E-state index contributed by atoms with van der Waals surface area (Å²) in [7, 11) is 1.92. The molecule has 11 heteroatoms. The molecule has 0 fully saturated rings. The highest BCUT2D eigenvalue weighted by atomic mass is 32.2. The number of aromatic nitrogens is 4. The van der Waals surface area contributed by atoms with Gasteiger partial charge in [0, 0.05) is 36.6 Å². The van der Waals surface area contributed by atoms with Gasteiger partial charge in [-0.15, -0.1) is 11.3 Å². The molecule has 0 aliphatic carbocycles. The number of thiophene rings is 1. The molecule has 0 aliphatic rings. The maximum absolute atomic E-state index is 13.7. The second-order valence-corrected chi connectivity index (χ2v) is 11.2. The molecule has 0 radical (unpaired) electrons. The highest BCUT2D eigenvalue weighted by molar-refractivity contribution is 8.00. The molecule has 8 nitrogen and oxygen atoms in total. The Hall–Kier alpha value is -4.48. The Labute approximate surface area is 237 Å². The molecule has 0 aliphatic heterocycles. The summed E-state index contributed by atoms with van der Waals surface area (Å²) < 4.78 is 23.0. The van der Waals surface area contributed by atoms with Gasteiger partial charge in [-0.1, -0.05) is 12.1 Å². The number of amides is 1. The van der Waals surface area contributed by atoms with E-state index in [0.29, 0.717) is 29.6 Å². The molecule has 0 saturated heterocycles. The van der Waals surface area contributed by atoms with Crippen molar-refractivity contribution in [2.24, 2.45) is 0 Å². The number of hydrogen-bond acceptors (Lipinski definition) is 8. The van der Waals surface area contributed by atoms with Gasteiger partial charge < -0.3 is 13.3 Å². The number of aryl methyl sites for hydroxylation is 2. The molecule has 1 N–H and O–H groups in total. The van der Waals surface area contributed by atoms with Crippen molar-refractivity contribution in [1.29, 1.82) is 0 Å². The third-order valence-corrected chi connectivity index (χ3v) is 8.26. The van der Waals surface area contributed by atoms with Crippen molar-refractivity contribution in [3.8, 4) is 10.6 Å². The Kier molecular flexibility index (Phi) is 7.30. The summed E-state index contributed by atoms with van der Waals surface area (Å²) >= 11 is 2.74. The van der Waals surface area contributed by atoms with Crippen molar-refractivity contribution in [3.63, 3.8) is 0 Å². The van der Waals surface area contributed by atoms with E-state index in [2.05, 4.69) is 15.3 Å². The number of nitrogens with zero attached hydrogens (tertiary/aromatic N) is 5. The summed E-state index contributed by atoms with van der Waals surface area (Å²) in [5.74, 6) is 0.532. The fraction of sp³-hybridized carbons (Fsp3) is 0.103. The van der Waals surface area contributed by atoms with Gasteiger partial charge in [0.05, 0.1) is 27.0 Å². The number of benzene rings is 2. The Morgan fingerprint density at radius 3 is 2.83 bits per heavy atom. The van der Waals surface area contributed by atoms with Crippen LogP contribution in [0.5, 0.6) is 0 Å². The molecule has 2 aromatic carbocycles. The van der Waals surface area contributed by atoms with Crippen LogP contribution in [0.15, 0.2) is 101 Å². The number of carbonyl (C=O) groups is 1. The molecule has 40 heavy (non-hydrogen) atoms. The first-order chi connectivity index (χ1) is 19.5. The first-order valence-electron chi connectivity index (χ1n) is 12.4. The number of nitrogens with one attached hydrogen (secondary N) is 1. The average Bonchev–Trinajstić information content (AvgIpc) is 3.72. The number of rotatable bonds is 9.